The van der Waals surface area contributed by atoms with E-state index in [4.69, 9.17) is 9.72 Å². The molecule has 0 saturated carbocycles. The molecule has 0 bridgehead atoms. The van der Waals surface area contributed by atoms with Crippen LogP contribution >= 0.6 is 0 Å². The summed E-state index contributed by atoms with van der Waals surface area (Å²) in [6.45, 7) is 7.02. The number of aromatic nitrogens is 2. The third kappa shape index (κ3) is 3.72. The lowest BCUT2D eigenvalue weighted by atomic mass is 10.1. The largest absolute Gasteiger partial charge is 0.483 e. The van der Waals surface area contributed by atoms with Gasteiger partial charge in [0.1, 0.15) is 5.75 Å². The molecule has 1 aromatic heterocycles. The molecular weight excluding hydrogens is 332 g/mol. The molecule has 0 aliphatic rings. The Bertz CT molecular complexity index is 1060. The molecule has 4 aromatic rings. The highest BCUT2D eigenvalue weighted by atomic mass is 16.5. The van der Waals surface area contributed by atoms with Crippen LogP contribution in [0.2, 0.25) is 0 Å². The average Bonchev–Trinajstić information content (AvgIpc) is 3.02. The predicted octanol–water partition coefficient (Wildman–Crippen LogP) is 5.84. The van der Waals surface area contributed by atoms with Crippen LogP contribution in [0.25, 0.3) is 11.0 Å². The predicted molar refractivity (Wildman–Crippen MR) is 110 cm³/mol. The van der Waals surface area contributed by atoms with Crippen LogP contribution in [0.1, 0.15) is 35.5 Å². The summed E-state index contributed by atoms with van der Waals surface area (Å²) in [7, 11) is 0. The van der Waals surface area contributed by atoms with E-state index in [0.717, 1.165) is 29.2 Å². The first-order valence-corrected chi connectivity index (χ1v) is 9.34. The Hall–Kier alpha value is -3.07. The number of ether oxygens (including phenoxy) is 1. The van der Waals surface area contributed by atoms with Gasteiger partial charge < -0.3 is 9.30 Å². The summed E-state index contributed by atoms with van der Waals surface area (Å²) in [5.41, 5.74) is 5.85. The van der Waals surface area contributed by atoms with Crippen molar-refractivity contribution < 1.29 is 4.74 Å². The van der Waals surface area contributed by atoms with Gasteiger partial charge in [0.2, 0.25) is 0 Å². The Labute approximate surface area is 160 Å². The summed E-state index contributed by atoms with van der Waals surface area (Å²) in [4.78, 5) is 4.88. The van der Waals surface area contributed by atoms with Crippen LogP contribution in [0.5, 0.6) is 5.75 Å². The van der Waals surface area contributed by atoms with Crippen molar-refractivity contribution in [1.29, 1.82) is 0 Å². The summed E-state index contributed by atoms with van der Waals surface area (Å²) >= 11 is 0. The minimum absolute atomic E-state index is 0.148. The molecule has 1 heterocycles. The second-order valence-electron chi connectivity index (χ2n) is 7.11. The van der Waals surface area contributed by atoms with E-state index in [2.05, 4.69) is 79.9 Å². The molecule has 1 unspecified atom stereocenters. The van der Waals surface area contributed by atoms with Crippen LogP contribution in [0, 0.1) is 13.8 Å². The van der Waals surface area contributed by atoms with Crippen molar-refractivity contribution in [2.45, 2.75) is 33.4 Å². The molecule has 3 aromatic carbocycles. The first-order chi connectivity index (χ1) is 13.1. The van der Waals surface area contributed by atoms with Crippen molar-refractivity contribution in [3.05, 3.63) is 95.3 Å². The van der Waals surface area contributed by atoms with E-state index < -0.39 is 0 Å². The zero-order valence-electron chi connectivity index (χ0n) is 16.0. The molecule has 4 rings (SSSR count). The van der Waals surface area contributed by atoms with E-state index in [-0.39, 0.29) is 6.10 Å². The molecule has 0 fully saturated rings. The summed E-state index contributed by atoms with van der Waals surface area (Å²) < 4.78 is 8.49. The van der Waals surface area contributed by atoms with E-state index >= 15 is 0 Å². The first kappa shape index (κ1) is 17.3. The standard InChI is InChI=1S/C24H24N2O/c1-17-11-13-20(14-12-17)16-26-23-10-5-4-9-22(23)25-24(26)19(3)27-21-8-6-7-18(2)15-21/h4-15,19H,16H2,1-3H3. The number of hydrogen-bond acceptors (Lipinski definition) is 2. The summed E-state index contributed by atoms with van der Waals surface area (Å²) in [5, 5.41) is 0. The highest BCUT2D eigenvalue weighted by Crippen LogP contribution is 2.26. The number of nitrogens with zero attached hydrogens (tertiary/aromatic N) is 2. The molecule has 0 saturated heterocycles. The SMILES string of the molecule is Cc1ccc(Cn2c(C(C)Oc3cccc(C)c3)nc3ccccc32)cc1. The molecule has 1 atom stereocenters. The Morgan fingerprint density at radius 3 is 2.44 bits per heavy atom. The topological polar surface area (TPSA) is 27.1 Å². The summed E-state index contributed by atoms with van der Waals surface area (Å²) in [5.74, 6) is 1.81. The zero-order valence-corrected chi connectivity index (χ0v) is 16.0. The highest BCUT2D eigenvalue weighted by molar-refractivity contribution is 5.76. The number of imidazole rings is 1. The van der Waals surface area contributed by atoms with Crippen molar-refractivity contribution in [3.63, 3.8) is 0 Å². The number of benzene rings is 3. The Morgan fingerprint density at radius 1 is 0.889 bits per heavy atom. The third-order valence-electron chi connectivity index (χ3n) is 4.81. The number of para-hydroxylation sites is 2. The van der Waals surface area contributed by atoms with Crippen molar-refractivity contribution in [3.8, 4) is 5.75 Å². The van der Waals surface area contributed by atoms with Crippen molar-refractivity contribution in [1.82, 2.24) is 9.55 Å². The fourth-order valence-corrected chi connectivity index (χ4v) is 3.39. The van der Waals surface area contributed by atoms with Crippen LogP contribution in [0.4, 0.5) is 0 Å². The molecule has 0 radical (unpaired) electrons. The van der Waals surface area contributed by atoms with Gasteiger partial charge in [-0.3, -0.25) is 0 Å². The van der Waals surface area contributed by atoms with Gasteiger partial charge in [0.15, 0.2) is 11.9 Å². The molecule has 0 N–H and O–H groups in total. The number of fused-ring (bicyclic) bond motifs is 1. The van der Waals surface area contributed by atoms with Gasteiger partial charge in [-0.25, -0.2) is 4.98 Å². The van der Waals surface area contributed by atoms with E-state index in [1.54, 1.807) is 0 Å². The van der Waals surface area contributed by atoms with Crippen molar-refractivity contribution in [2.75, 3.05) is 0 Å². The molecule has 0 spiro atoms. The van der Waals surface area contributed by atoms with Crippen molar-refractivity contribution >= 4 is 11.0 Å². The molecule has 0 aliphatic carbocycles. The molecule has 3 heteroatoms. The summed E-state index contributed by atoms with van der Waals surface area (Å²) in [6, 6.07) is 25.1. The third-order valence-corrected chi connectivity index (χ3v) is 4.81. The lowest BCUT2D eigenvalue weighted by Crippen LogP contribution is -2.12. The molecule has 3 nitrogen and oxygen atoms in total. The fraction of sp³-hybridized carbons (Fsp3) is 0.208. The molecule has 136 valence electrons. The summed E-state index contributed by atoms with van der Waals surface area (Å²) in [6.07, 6.45) is -0.148. The van der Waals surface area contributed by atoms with Gasteiger partial charge in [0.05, 0.1) is 11.0 Å². The number of rotatable bonds is 5. The maximum absolute atomic E-state index is 6.22. The van der Waals surface area contributed by atoms with E-state index in [0.29, 0.717) is 0 Å². The smallest absolute Gasteiger partial charge is 0.153 e. The zero-order chi connectivity index (χ0) is 18.8. The van der Waals surface area contributed by atoms with E-state index in [1.807, 2.05) is 18.2 Å². The lowest BCUT2D eigenvalue weighted by Gasteiger charge is -2.17. The minimum atomic E-state index is -0.148. The quantitative estimate of drug-likeness (QED) is 0.449. The van der Waals surface area contributed by atoms with Gasteiger partial charge in [-0.1, -0.05) is 54.1 Å². The van der Waals surface area contributed by atoms with Crippen LogP contribution in [-0.2, 0) is 6.54 Å². The average molecular weight is 356 g/mol. The Morgan fingerprint density at radius 2 is 1.67 bits per heavy atom. The van der Waals surface area contributed by atoms with Gasteiger partial charge in [-0.15, -0.1) is 0 Å². The number of hydrogen-bond donors (Lipinski definition) is 0. The van der Waals surface area contributed by atoms with Gasteiger partial charge in [0.25, 0.3) is 0 Å². The van der Waals surface area contributed by atoms with Crippen LogP contribution in [0.15, 0.2) is 72.8 Å². The van der Waals surface area contributed by atoms with Gasteiger partial charge in [0, 0.05) is 6.54 Å². The maximum Gasteiger partial charge on any atom is 0.153 e. The van der Waals surface area contributed by atoms with Crippen molar-refractivity contribution in [2.24, 2.45) is 0 Å². The highest BCUT2D eigenvalue weighted by Gasteiger charge is 2.18. The minimum Gasteiger partial charge on any atom is -0.483 e. The number of aryl methyl sites for hydroxylation is 2. The van der Waals surface area contributed by atoms with E-state index in [1.165, 1.54) is 16.7 Å². The lowest BCUT2D eigenvalue weighted by molar-refractivity contribution is 0.212. The van der Waals surface area contributed by atoms with Gasteiger partial charge in [-0.05, 0) is 56.2 Å². The Kier molecular flexibility index (Phi) is 4.68. The molecule has 0 amide bonds. The molecule has 0 aliphatic heterocycles. The normalized spacial score (nSPS) is 12.3. The first-order valence-electron chi connectivity index (χ1n) is 9.34. The molecular formula is C24H24N2O. The van der Waals surface area contributed by atoms with Gasteiger partial charge >= 0.3 is 0 Å². The van der Waals surface area contributed by atoms with Crippen LogP contribution in [0.3, 0.4) is 0 Å². The second kappa shape index (κ2) is 7.28. The van der Waals surface area contributed by atoms with Crippen LogP contribution in [-0.4, -0.2) is 9.55 Å². The fourth-order valence-electron chi connectivity index (χ4n) is 3.39. The van der Waals surface area contributed by atoms with E-state index in [9.17, 15) is 0 Å². The van der Waals surface area contributed by atoms with Crippen LogP contribution < -0.4 is 4.74 Å². The van der Waals surface area contributed by atoms with Gasteiger partial charge in [-0.2, -0.15) is 0 Å². The second-order valence-corrected chi connectivity index (χ2v) is 7.11. The Balaban J connectivity index is 1.71. The molecule has 27 heavy (non-hydrogen) atoms. The maximum atomic E-state index is 6.22. The monoisotopic (exact) mass is 356 g/mol.